The summed E-state index contributed by atoms with van der Waals surface area (Å²) in [5.74, 6) is 0. The summed E-state index contributed by atoms with van der Waals surface area (Å²) >= 11 is 0. The van der Waals surface area contributed by atoms with E-state index in [2.05, 4.69) is 28.2 Å². The van der Waals surface area contributed by atoms with Crippen molar-refractivity contribution in [2.75, 3.05) is 58.9 Å². The van der Waals surface area contributed by atoms with Crippen LogP contribution in [0, 0.1) is 0 Å². The van der Waals surface area contributed by atoms with Gasteiger partial charge >= 0.3 is 6.03 Å². The summed E-state index contributed by atoms with van der Waals surface area (Å²) in [6, 6.07) is 0.0623. The molecule has 19 heavy (non-hydrogen) atoms. The number of hydrogen-bond acceptors (Lipinski definition) is 4. The molecule has 0 radical (unpaired) electrons. The predicted molar refractivity (Wildman–Crippen MR) is 78.5 cm³/mol. The van der Waals surface area contributed by atoms with Crippen molar-refractivity contribution >= 4 is 6.03 Å². The number of nitrogens with one attached hydrogen (secondary N) is 4. The lowest BCUT2D eigenvalue weighted by atomic mass is 10.3. The van der Waals surface area contributed by atoms with E-state index in [-0.39, 0.29) is 6.03 Å². The van der Waals surface area contributed by atoms with Gasteiger partial charge in [-0.2, -0.15) is 0 Å². The number of carbonyl (C=O) groups is 1. The Morgan fingerprint density at radius 1 is 1.00 bits per heavy atom. The number of carbonyl (C=O) groups excluding carboxylic acids is 1. The first-order chi connectivity index (χ1) is 9.34. The van der Waals surface area contributed by atoms with Gasteiger partial charge < -0.3 is 26.2 Å². The molecule has 1 saturated heterocycles. The topological polar surface area (TPSA) is 68.4 Å². The van der Waals surface area contributed by atoms with E-state index < -0.39 is 0 Å². The van der Waals surface area contributed by atoms with Crippen LogP contribution in [0.3, 0.4) is 0 Å². The van der Waals surface area contributed by atoms with Gasteiger partial charge in [-0.25, -0.2) is 4.79 Å². The molecule has 1 aliphatic heterocycles. The molecule has 0 aliphatic carbocycles. The minimum Gasteiger partial charge on any atom is -0.338 e. The van der Waals surface area contributed by atoms with E-state index in [9.17, 15) is 4.79 Å². The van der Waals surface area contributed by atoms with Gasteiger partial charge in [-0.3, -0.25) is 0 Å². The van der Waals surface area contributed by atoms with Crippen molar-refractivity contribution in [1.82, 2.24) is 26.2 Å². The normalized spacial score (nSPS) is 19.3. The number of hydrogen-bond donors (Lipinski definition) is 4. The molecular formula is C13H29N5O. The van der Waals surface area contributed by atoms with Crippen molar-refractivity contribution in [3.8, 4) is 0 Å². The predicted octanol–water partition coefficient (Wildman–Crippen LogP) is -0.419. The minimum absolute atomic E-state index is 0.0623. The summed E-state index contributed by atoms with van der Waals surface area (Å²) in [4.78, 5) is 13.9. The molecule has 6 heteroatoms. The van der Waals surface area contributed by atoms with Crippen molar-refractivity contribution < 1.29 is 4.79 Å². The molecule has 6 nitrogen and oxygen atoms in total. The molecule has 1 aliphatic rings. The van der Waals surface area contributed by atoms with Crippen LogP contribution in [-0.4, -0.2) is 69.8 Å². The van der Waals surface area contributed by atoms with E-state index in [1.807, 2.05) is 4.90 Å². The number of amides is 2. The fraction of sp³-hybridized carbons (Fsp3) is 0.923. The number of urea groups is 1. The first-order valence-electron chi connectivity index (χ1n) is 7.49. The van der Waals surface area contributed by atoms with Crippen LogP contribution in [0.15, 0.2) is 0 Å². The Hall–Kier alpha value is -0.850. The van der Waals surface area contributed by atoms with Crippen molar-refractivity contribution in [2.24, 2.45) is 0 Å². The molecule has 112 valence electrons. The zero-order valence-corrected chi connectivity index (χ0v) is 12.1. The second-order valence-corrected chi connectivity index (χ2v) is 4.82. The van der Waals surface area contributed by atoms with E-state index in [0.29, 0.717) is 0 Å². The highest BCUT2D eigenvalue weighted by Gasteiger charge is 2.11. The zero-order chi connectivity index (χ0) is 13.8. The van der Waals surface area contributed by atoms with Crippen LogP contribution >= 0.6 is 0 Å². The Labute approximate surface area is 116 Å². The Balaban J connectivity index is 2.30. The second-order valence-electron chi connectivity index (χ2n) is 4.82. The molecule has 1 rings (SSSR count). The standard InChI is InChI=1S/C13H29N5O/c1-2-3-4-17-13(19)18-11-9-15-7-5-14-6-8-16-10-12-18/h14-16H,2-12H2,1H3,(H,17,19). The van der Waals surface area contributed by atoms with E-state index in [1.54, 1.807) is 0 Å². The molecule has 1 fully saturated rings. The third-order valence-corrected chi connectivity index (χ3v) is 3.17. The van der Waals surface area contributed by atoms with Gasteiger partial charge in [-0.15, -0.1) is 0 Å². The molecular weight excluding hydrogens is 242 g/mol. The Morgan fingerprint density at radius 3 is 2.05 bits per heavy atom. The molecule has 0 atom stereocenters. The molecule has 4 N–H and O–H groups in total. The van der Waals surface area contributed by atoms with Gasteiger partial charge in [0, 0.05) is 58.9 Å². The first kappa shape index (κ1) is 16.2. The van der Waals surface area contributed by atoms with Gasteiger partial charge in [0.05, 0.1) is 0 Å². The third kappa shape index (κ3) is 8.02. The summed E-state index contributed by atoms with van der Waals surface area (Å²) in [6.45, 7) is 9.98. The largest absolute Gasteiger partial charge is 0.338 e. The van der Waals surface area contributed by atoms with Crippen LogP contribution in [0.25, 0.3) is 0 Å². The fourth-order valence-electron chi connectivity index (χ4n) is 1.96. The summed E-state index contributed by atoms with van der Waals surface area (Å²) in [7, 11) is 0. The van der Waals surface area contributed by atoms with Crippen LogP contribution in [0.4, 0.5) is 4.79 Å². The Bertz CT molecular complexity index is 225. The van der Waals surface area contributed by atoms with Gasteiger partial charge in [-0.05, 0) is 6.42 Å². The summed E-state index contributed by atoms with van der Waals surface area (Å²) < 4.78 is 0. The SMILES string of the molecule is CCCCNC(=O)N1CCNCCNCCNCC1. The van der Waals surface area contributed by atoms with Crippen molar-refractivity contribution in [3.63, 3.8) is 0 Å². The monoisotopic (exact) mass is 271 g/mol. The van der Waals surface area contributed by atoms with Crippen molar-refractivity contribution in [1.29, 1.82) is 0 Å². The average Bonchev–Trinajstić information content (AvgIpc) is 2.39. The maximum Gasteiger partial charge on any atom is 0.317 e. The number of rotatable bonds is 3. The first-order valence-corrected chi connectivity index (χ1v) is 7.49. The lowest BCUT2D eigenvalue weighted by Crippen LogP contribution is -2.47. The Kier molecular flexibility index (Phi) is 9.40. The lowest BCUT2D eigenvalue weighted by Gasteiger charge is -2.24. The summed E-state index contributed by atoms with van der Waals surface area (Å²) in [6.07, 6.45) is 2.15. The zero-order valence-electron chi connectivity index (χ0n) is 12.1. The van der Waals surface area contributed by atoms with Gasteiger partial charge in [0.1, 0.15) is 0 Å². The van der Waals surface area contributed by atoms with Crippen LogP contribution in [0.5, 0.6) is 0 Å². The van der Waals surface area contributed by atoms with Crippen molar-refractivity contribution in [3.05, 3.63) is 0 Å². The number of unbranched alkanes of at least 4 members (excludes halogenated alkanes) is 1. The van der Waals surface area contributed by atoms with Gasteiger partial charge in [0.2, 0.25) is 0 Å². The quantitative estimate of drug-likeness (QED) is 0.526. The molecule has 1 heterocycles. The maximum atomic E-state index is 12.0. The smallest absolute Gasteiger partial charge is 0.317 e. The molecule has 0 saturated carbocycles. The summed E-state index contributed by atoms with van der Waals surface area (Å²) in [5.41, 5.74) is 0. The van der Waals surface area contributed by atoms with Crippen LogP contribution < -0.4 is 21.3 Å². The fourth-order valence-corrected chi connectivity index (χ4v) is 1.96. The van der Waals surface area contributed by atoms with Crippen LogP contribution in [-0.2, 0) is 0 Å². The van der Waals surface area contributed by atoms with E-state index in [4.69, 9.17) is 0 Å². The van der Waals surface area contributed by atoms with E-state index >= 15 is 0 Å². The van der Waals surface area contributed by atoms with E-state index in [1.165, 1.54) is 0 Å². The molecule has 0 aromatic rings. The van der Waals surface area contributed by atoms with Gasteiger partial charge in [-0.1, -0.05) is 13.3 Å². The third-order valence-electron chi connectivity index (χ3n) is 3.17. The maximum absolute atomic E-state index is 12.0. The highest BCUT2D eigenvalue weighted by Crippen LogP contribution is 1.91. The molecule has 2 amide bonds. The molecule has 0 spiro atoms. The minimum atomic E-state index is 0.0623. The number of nitrogens with zero attached hydrogens (tertiary/aromatic N) is 1. The average molecular weight is 271 g/mol. The Morgan fingerprint density at radius 2 is 1.53 bits per heavy atom. The molecule has 0 aromatic carbocycles. The van der Waals surface area contributed by atoms with Gasteiger partial charge in [0.25, 0.3) is 0 Å². The summed E-state index contributed by atoms with van der Waals surface area (Å²) in [5, 5.41) is 13.0. The van der Waals surface area contributed by atoms with Gasteiger partial charge in [0.15, 0.2) is 0 Å². The molecule has 0 aromatic heterocycles. The lowest BCUT2D eigenvalue weighted by molar-refractivity contribution is 0.197. The van der Waals surface area contributed by atoms with Crippen molar-refractivity contribution in [2.45, 2.75) is 19.8 Å². The molecule has 0 bridgehead atoms. The highest BCUT2D eigenvalue weighted by atomic mass is 16.2. The van der Waals surface area contributed by atoms with Crippen LogP contribution in [0.2, 0.25) is 0 Å². The van der Waals surface area contributed by atoms with E-state index in [0.717, 1.165) is 71.7 Å². The molecule has 0 unspecified atom stereocenters. The van der Waals surface area contributed by atoms with Crippen LogP contribution in [0.1, 0.15) is 19.8 Å². The second kappa shape index (κ2) is 11.0. The highest BCUT2D eigenvalue weighted by molar-refractivity contribution is 5.74.